The second kappa shape index (κ2) is 9.05. The van der Waals surface area contributed by atoms with Gasteiger partial charge in [-0.1, -0.05) is 0 Å². The number of rotatable bonds is 6. The van der Waals surface area contributed by atoms with Gasteiger partial charge in [0.25, 0.3) is 5.91 Å². The zero-order chi connectivity index (χ0) is 23.7. The fourth-order valence-corrected chi connectivity index (χ4v) is 4.53. The van der Waals surface area contributed by atoms with Crippen LogP contribution in [0.1, 0.15) is 23.2 Å². The van der Waals surface area contributed by atoms with Crippen molar-refractivity contribution in [3.05, 3.63) is 35.9 Å². The number of carbonyl (C=O) groups is 2. The SMILES string of the molecule is COC(=O)[C@@H]1CCCN1C(=O)c1cc2cc(OC)c(OC)cc2c2cc(OC)c(OC)cc12. The minimum Gasteiger partial charge on any atom is -0.493 e. The molecule has 1 fully saturated rings. The van der Waals surface area contributed by atoms with E-state index in [2.05, 4.69) is 0 Å². The van der Waals surface area contributed by atoms with Crippen molar-refractivity contribution in [2.75, 3.05) is 42.1 Å². The van der Waals surface area contributed by atoms with Gasteiger partial charge in [-0.05, 0) is 64.7 Å². The Morgan fingerprint density at radius 3 is 1.88 bits per heavy atom. The van der Waals surface area contributed by atoms with Crippen LogP contribution in [0.5, 0.6) is 23.0 Å². The third-order valence-corrected chi connectivity index (χ3v) is 6.18. The number of fused-ring (bicyclic) bond motifs is 3. The summed E-state index contributed by atoms with van der Waals surface area (Å²) in [6.07, 6.45) is 1.31. The molecule has 0 unspecified atom stereocenters. The molecule has 0 bridgehead atoms. The second-order valence-electron chi connectivity index (χ2n) is 7.78. The minimum absolute atomic E-state index is 0.239. The average molecular weight is 453 g/mol. The van der Waals surface area contributed by atoms with E-state index < -0.39 is 12.0 Å². The quantitative estimate of drug-likeness (QED) is 0.415. The van der Waals surface area contributed by atoms with E-state index in [1.54, 1.807) is 39.4 Å². The zero-order valence-corrected chi connectivity index (χ0v) is 19.4. The summed E-state index contributed by atoms with van der Waals surface area (Å²) in [5.74, 6) is 1.53. The van der Waals surface area contributed by atoms with Gasteiger partial charge in [-0.2, -0.15) is 0 Å². The molecule has 1 amide bonds. The average Bonchev–Trinajstić information content (AvgIpc) is 3.35. The van der Waals surface area contributed by atoms with E-state index >= 15 is 0 Å². The highest BCUT2D eigenvalue weighted by Gasteiger charge is 2.36. The first-order valence-electron chi connectivity index (χ1n) is 10.6. The lowest BCUT2D eigenvalue weighted by Gasteiger charge is -2.24. The molecule has 0 radical (unpaired) electrons. The molecule has 3 aromatic rings. The molecular formula is C25H27NO7. The molecule has 8 heteroatoms. The van der Waals surface area contributed by atoms with Gasteiger partial charge in [0.2, 0.25) is 0 Å². The second-order valence-corrected chi connectivity index (χ2v) is 7.78. The van der Waals surface area contributed by atoms with Crippen molar-refractivity contribution in [1.29, 1.82) is 0 Å². The largest absolute Gasteiger partial charge is 0.493 e. The van der Waals surface area contributed by atoms with Crippen molar-refractivity contribution in [3.8, 4) is 23.0 Å². The van der Waals surface area contributed by atoms with Crippen LogP contribution in [-0.4, -0.2) is 64.9 Å². The summed E-state index contributed by atoms with van der Waals surface area (Å²) in [6, 6.07) is 8.58. The number of carbonyl (C=O) groups excluding carboxylic acids is 2. The summed E-state index contributed by atoms with van der Waals surface area (Å²) in [5.41, 5.74) is 0.460. The highest BCUT2D eigenvalue weighted by Crippen LogP contribution is 2.41. The van der Waals surface area contributed by atoms with Crippen molar-refractivity contribution in [3.63, 3.8) is 0 Å². The molecule has 1 heterocycles. The number of methoxy groups -OCH3 is 5. The standard InChI is InChI=1S/C25H27NO7/c1-29-20-10-14-9-18(24(27)26-8-6-7-19(26)25(28)33-5)17-13-23(32-4)22(31-3)12-16(17)15(14)11-21(20)30-2/h9-13,19H,6-8H2,1-5H3/t19-/m0/s1. The molecule has 0 saturated carbocycles. The Kier molecular flexibility index (Phi) is 6.18. The third-order valence-electron chi connectivity index (χ3n) is 6.18. The van der Waals surface area contributed by atoms with Crippen LogP contribution in [0, 0.1) is 0 Å². The highest BCUT2D eigenvalue weighted by atomic mass is 16.5. The molecule has 0 aromatic heterocycles. The molecule has 4 rings (SSSR count). The first-order valence-corrected chi connectivity index (χ1v) is 10.6. The molecule has 0 N–H and O–H groups in total. The van der Waals surface area contributed by atoms with Crippen LogP contribution in [-0.2, 0) is 9.53 Å². The van der Waals surface area contributed by atoms with E-state index in [4.69, 9.17) is 23.7 Å². The molecule has 8 nitrogen and oxygen atoms in total. The molecule has 1 aliphatic heterocycles. The molecule has 0 spiro atoms. The van der Waals surface area contributed by atoms with E-state index in [-0.39, 0.29) is 5.91 Å². The predicted molar refractivity (Wildman–Crippen MR) is 124 cm³/mol. The summed E-state index contributed by atoms with van der Waals surface area (Å²) >= 11 is 0. The van der Waals surface area contributed by atoms with Gasteiger partial charge in [0.05, 0.1) is 35.5 Å². The number of hydrogen-bond donors (Lipinski definition) is 0. The third kappa shape index (κ3) is 3.75. The van der Waals surface area contributed by atoms with Crippen LogP contribution in [0.3, 0.4) is 0 Å². The number of hydrogen-bond acceptors (Lipinski definition) is 7. The van der Waals surface area contributed by atoms with Gasteiger partial charge in [-0.25, -0.2) is 4.79 Å². The normalized spacial score (nSPS) is 15.5. The topological polar surface area (TPSA) is 83.5 Å². The Morgan fingerprint density at radius 2 is 1.30 bits per heavy atom. The number of likely N-dealkylation sites (tertiary alicyclic amines) is 1. The van der Waals surface area contributed by atoms with Crippen molar-refractivity contribution in [2.45, 2.75) is 18.9 Å². The minimum atomic E-state index is -0.598. The van der Waals surface area contributed by atoms with E-state index in [0.29, 0.717) is 46.9 Å². The van der Waals surface area contributed by atoms with Crippen LogP contribution in [0.4, 0.5) is 0 Å². The fraction of sp³-hybridized carbons (Fsp3) is 0.360. The van der Waals surface area contributed by atoms with Gasteiger partial charge >= 0.3 is 5.97 Å². The lowest BCUT2D eigenvalue weighted by atomic mass is 9.95. The van der Waals surface area contributed by atoms with Crippen molar-refractivity contribution in [2.24, 2.45) is 0 Å². The molecule has 33 heavy (non-hydrogen) atoms. The number of ether oxygens (including phenoxy) is 5. The lowest BCUT2D eigenvalue weighted by molar-refractivity contribution is -0.145. The van der Waals surface area contributed by atoms with Crippen molar-refractivity contribution >= 4 is 33.4 Å². The molecule has 1 aliphatic rings. The van der Waals surface area contributed by atoms with Gasteiger partial charge in [-0.15, -0.1) is 0 Å². The zero-order valence-electron chi connectivity index (χ0n) is 19.4. The van der Waals surface area contributed by atoms with Crippen LogP contribution < -0.4 is 18.9 Å². The summed E-state index contributed by atoms with van der Waals surface area (Å²) in [5, 5.41) is 3.15. The maximum atomic E-state index is 13.8. The van der Waals surface area contributed by atoms with Gasteiger partial charge in [-0.3, -0.25) is 4.79 Å². The fourth-order valence-electron chi connectivity index (χ4n) is 4.53. The van der Waals surface area contributed by atoms with E-state index in [0.717, 1.165) is 22.6 Å². The molecule has 1 saturated heterocycles. The predicted octanol–water partition coefficient (Wildman–Crippen LogP) is 3.81. The Morgan fingerprint density at radius 1 is 0.758 bits per heavy atom. The van der Waals surface area contributed by atoms with Crippen molar-refractivity contribution < 1.29 is 33.3 Å². The van der Waals surface area contributed by atoms with Crippen LogP contribution in [0.25, 0.3) is 21.5 Å². The number of esters is 1. The van der Waals surface area contributed by atoms with Gasteiger partial charge in [0.1, 0.15) is 6.04 Å². The lowest BCUT2D eigenvalue weighted by Crippen LogP contribution is -2.41. The maximum absolute atomic E-state index is 13.8. The first kappa shape index (κ1) is 22.5. The highest BCUT2D eigenvalue weighted by molar-refractivity contribution is 6.18. The monoisotopic (exact) mass is 453 g/mol. The van der Waals surface area contributed by atoms with Crippen molar-refractivity contribution in [1.82, 2.24) is 4.90 Å². The first-order chi connectivity index (χ1) is 16.0. The van der Waals surface area contributed by atoms with Crippen LogP contribution in [0.15, 0.2) is 30.3 Å². The molecule has 3 aromatic carbocycles. The Labute approximate surface area is 191 Å². The summed E-state index contributed by atoms with van der Waals surface area (Å²) in [7, 11) is 7.60. The Hall–Kier alpha value is -3.68. The van der Waals surface area contributed by atoms with E-state index in [1.807, 2.05) is 24.3 Å². The van der Waals surface area contributed by atoms with E-state index in [9.17, 15) is 9.59 Å². The number of amides is 1. The molecule has 174 valence electrons. The van der Waals surface area contributed by atoms with Crippen LogP contribution in [0.2, 0.25) is 0 Å². The molecule has 0 aliphatic carbocycles. The smallest absolute Gasteiger partial charge is 0.328 e. The molecule has 1 atom stereocenters. The molecular weight excluding hydrogens is 426 g/mol. The van der Waals surface area contributed by atoms with Gasteiger partial charge in [0.15, 0.2) is 23.0 Å². The Bertz CT molecular complexity index is 1240. The number of benzene rings is 3. The van der Waals surface area contributed by atoms with Crippen LogP contribution >= 0.6 is 0 Å². The van der Waals surface area contributed by atoms with E-state index in [1.165, 1.54) is 7.11 Å². The summed E-state index contributed by atoms with van der Waals surface area (Å²) in [6.45, 7) is 0.483. The number of nitrogens with zero attached hydrogens (tertiary/aromatic N) is 1. The Balaban J connectivity index is 2.01. The van der Waals surface area contributed by atoms with Gasteiger partial charge in [0, 0.05) is 12.1 Å². The summed E-state index contributed by atoms with van der Waals surface area (Å²) < 4.78 is 26.9. The maximum Gasteiger partial charge on any atom is 0.328 e. The summed E-state index contributed by atoms with van der Waals surface area (Å²) in [4.78, 5) is 27.6. The van der Waals surface area contributed by atoms with Gasteiger partial charge < -0.3 is 28.6 Å².